The molecule has 0 atom stereocenters. The van der Waals surface area contributed by atoms with Crippen LogP contribution in [0.2, 0.25) is 0 Å². The van der Waals surface area contributed by atoms with Crippen LogP contribution in [0.3, 0.4) is 0 Å². The molecule has 2 rings (SSSR count). The molecule has 1 aromatic heterocycles. The maximum absolute atomic E-state index is 11.7. The van der Waals surface area contributed by atoms with E-state index in [1.54, 1.807) is 13.0 Å². The number of amides is 1. The number of nitrogens with zero attached hydrogens (tertiary/aromatic N) is 1. The molecule has 0 aliphatic carbocycles. The summed E-state index contributed by atoms with van der Waals surface area (Å²) in [5.74, 6) is 1.00. The van der Waals surface area contributed by atoms with Crippen LogP contribution in [0.5, 0.6) is 0 Å². The Hall–Kier alpha value is -2.30. The highest BCUT2D eigenvalue weighted by molar-refractivity contribution is 5.89. The summed E-state index contributed by atoms with van der Waals surface area (Å²) in [6, 6.07) is 9.20. The standard InChI is InChI=1S/C13H15N3O2/c1-9-8-12(16-18-9)15-13(17)7-6-10-4-2-3-5-11(10)14/h2-5,8H,6-7,14H2,1H3,(H,15,16,17). The number of aromatic nitrogens is 1. The molecule has 0 saturated heterocycles. The number of carbonyl (C=O) groups is 1. The van der Waals surface area contributed by atoms with Crippen LogP contribution in [0.1, 0.15) is 17.7 Å². The molecule has 0 radical (unpaired) electrons. The summed E-state index contributed by atoms with van der Waals surface area (Å²) in [4.78, 5) is 11.7. The van der Waals surface area contributed by atoms with Crippen LogP contribution in [0, 0.1) is 6.92 Å². The summed E-state index contributed by atoms with van der Waals surface area (Å²) >= 11 is 0. The molecular formula is C13H15N3O2. The van der Waals surface area contributed by atoms with Gasteiger partial charge in [-0.15, -0.1) is 0 Å². The molecule has 0 spiro atoms. The predicted molar refractivity (Wildman–Crippen MR) is 69.0 cm³/mol. The highest BCUT2D eigenvalue weighted by Gasteiger charge is 2.07. The summed E-state index contributed by atoms with van der Waals surface area (Å²) in [6.07, 6.45) is 0.968. The first-order valence-corrected chi connectivity index (χ1v) is 5.71. The SMILES string of the molecule is Cc1cc(NC(=O)CCc2ccccc2N)no1. The molecule has 2 aromatic rings. The molecule has 1 aromatic carbocycles. The third kappa shape index (κ3) is 3.10. The lowest BCUT2D eigenvalue weighted by Gasteiger charge is -2.04. The molecular weight excluding hydrogens is 230 g/mol. The number of hydrogen-bond acceptors (Lipinski definition) is 4. The van der Waals surface area contributed by atoms with E-state index in [2.05, 4.69) is 10.5 Å². The Morgan fingerprint density at radius 2 is 2.22 bits per heavy atom. The molecule has 0 unspecified atom stereocenters. The van der Waals surface area contributed by atoms with Crippen molar-refractivity contribution in [2.45, 2.75) is 19.8 Å². The fraction of sp³-hybridized carbons (Fsp3) is 0.231. The molecule has 0 fully saturated rings. The van der Waals surface area contributed by atoms with E-state index in [4.69, 9.17) is 10.3 Å². The zero-order valence-corrected chi connectivity index (χ0v) is 10.1. The maximum atomic E-state index is 11.7. The van der Waals surface area contributed by atoms with Crippen molar-refractivity contribution in [2.75, 3.05) is 11.1 Å². The van der Waals surface area contributed by atoms with Crippen molar-refractivity contribution in [1.82, 2.24) is 5.16 Å². The first-order chi connectivity index (χ1) is 8.65. The average Bonchev–Trinajstić information content (AvgIpc) is 2.74. The second-order valence-corrected chi connectivity index (χ2v) is 4.07. The van der Waals surface area contributed by atoms with Gasteiger partial charge in [0, 0.05) is 18.2 Å². The molecule has 5 heteroatoms. The van der Waals surface area contributed by atoms with Gasteiger partial charge in [-0.3, -0.25) is 4.79 Å². The number of rotatable bonds is 4. The van der Waals surface area contributed by atoms with Crippen LogP contribution in [0.25, 0.3) is 0 Å². The van der Waals surface area contributed by atoms with Crippen molar-refractivity contribution in [3.8, 4) is 0 Å². The summed E-state index contributed by atoms with van der Waals surface area (Å²) in [5.41, 5.74) is 7.49. The van der Waals surface area contributed by atoms with Gasteiger partial charge in [0.25, 0.3) is 0 Å². The Morgan fingerprint density at radius 3 is 2.89 bits per heavy atom. The van der Waals surface area contributed by atoms with Gasteiger partial charge in [-0.25, -0.2) is 0 Å². The van der Waals surface area contributed by atoms with Crippen LogP contribution in [-0.4, -0.2) is 11.1 Å². The van der Waals surface area contributed by atoms with Crippen LogP contribution >= 0.6 is 0 Å². The van der Waals surface area contributed by atoms with E-state index < -0.39 is 0 Å². The molecule has 94 valence electrons. The number of hydrogen-bond donors (Lipinski definition) is 2. The largest absolute Gasteiger partial charge is 0.399 e. The van der Waals surface area contributed by atoms with E-state index >= 15 is 0 Å². The molecule has 5 nitrogen and oxygen atoms in total. The topological polar surface area (TPSA) is 81.2 Å². The minimum absolute atomic E-state index is 0.105. The van der Waals surface area contributed by atoms with Crippen molar-refractivity contribution >= 4 is 17.4 Å². The Balaban J connectivity index is 1.87. The molecule has 0 aliphatic rings. The lowest BCUT2D eigenvalue weighted by Crippen LogP contribution is -2.12. The lowest BCUT2D eigenvalue weighted by atomic mass is 10.1. The minimum atomic E-state index is -0.105. The Bertz CT molecular complexity index is 549. The quantitative estimate of drug-likeness (QED) is 0.808. The number of nitrogen functional groups attached to an aromatic ring is 1. The third-order valence-corrected chi connectivity index (χ3v) is 2.57. The van der Waals surface area contributed by atoms with Gasteiger partial charge in [-0.2, -0.15) is 0 Å². The zero-order chi connectivity index (χ0) is 13.0. The molecule has 3 N–H and O–H groups in total. The number of anilines is 2. The molecule has 0 bridgehead atoms. The van der Waals surface area contributed by atoms with E-state index in [1.165, 1.54) is 0 Å². The van der Waals surface area contributed by atoms with E-state index in [0.29, 0.717) is 30.1 Å². The second-order valence-electron chi connectivity index (χ2n) is 4.07. The number of aryl methyl sites for hydroxylation is 2. The monoisotopic (exact) mass is 245 g/mol. The average molecular weight is 245 g/mol. The van der Waals surface area contributed by atoms with Crippen molar-refractivity contribution in [3.63, 3.8) is 0 Å². The molecule has 0 saturated carbocycles. The van der Waals surface area contributed by atoms with E-state index in [-0.39, 0.29) is 5.91 Å². The fourth-order valence-corrected chi connectivity index (χ4v) is 1.64. The fourth-order valence-electron chi connectivity index (χ4n) is 1.64. The molecule has 0 aliphatic heterocycles. The lowest BCUT2D eigenvalue weighted by molar-refractivity contribution is -0.116. The summed E-state index contributed by atoms with van der Waals surface area (Å²) in [5, 5.41) is 6.36. The normalized spacial score (nSPS) is 10.3. The van der Waals surface area contributed by atoms with Crippen LogP contribution in [0.4, 0.5) is 11.5 Å². The van der Waals surface area contributed by atoms with Gasteiger partial charge < -0.3 is 15.6 Å². The van der Waals surface area contributed by atoms with E-state index in [1.807, 2.05) is 24.3 Å². The number of nitrogens with one attached hydrogen (secondary N) is 1. The highest BCUT2D eigenvalue weighted by Crippen LogP contribution is 2.13. The van der Waals surface area contributed by atoms with Gasteiger partial charge >= 0.3 is 0 Å². The zero-order valence-electron chi connectivity index (χ0n) is 10.1. The Kier molecular flexibility index (Phi) is 3.62. The van der Waals surface area contributed by atoms with E-state index in [0.717, 1.165) is 5.56 Å². The van der Waals surface area contributed by atoms with Gasteiger partial charge in [0.2, 0.25) is 5.91 Å². The number of para-hydroxylation sites is 1. The smallest absolute Gasteiger partial charge is 0.225 e. The van der Waals surface area contributed by atoms with Crippen LogP contribution in [-0.2, 0) is 11.2 Å². The number of carbonyl (C=O) groups excluding carboxylic acids is 1. The molecule has 18 heavy (non-hydrogen) atoms. The van der Waals surface area contributed by atoms with E-state index in [9.17, 15) is 4.79 Å². The van der Waals surface area contributed by atoms with Gasteiger partial charge in [0.05, 0.1) is 0 Å². The maximum Gasteiger partial charge on any atom is 0.225 e. The van der Waals surface area contributed by atoms with Gasteiger partial charge in [0.15, 0.2) is 5.82 Å². The summed E-state index contributed by atoms with van der Waals surface area (Å²) < 4.78 is 4.86. The van der Waals surface area contributed by atoms with Crippen molar-refractivity contribution in [2.24, 2.45) is 0 Å². The van der Waals surface area contributed by atoms with Crippen LogP contribution < -0.4 is 11.1 Å². The van der Waals surface area contributed by atoms with Gasteiger partial charge in [-0.05, 0) is 25.0 Å². The number of benzene rings is 1. The first kappa shape index (κ1) is 12.2. The molecule has 1 amide bonds. The predicted octanol–water partition coefficient (Wildman–Crippen LogP) is 2.14. The summed E-state index contributed by atoms with van der Waals surface area (Å²) in [7, 11) is 0. The number of nitrogens with two attached hydrogens (primary N) is 1. The van der Waals surface area contributed by atoms with Crippen molar-refractivity contribution in [3.05, 3.63) is 41.7 Å². The summed E-state index contributed by atoms with van der Waals surface area (Å²) in [6.45, 7) is 1.77. The van der Waals surface area contributed by atoms with Crippen LogP contribution in [0.15, 0.2) is 34.9 Å². The highest BCUT2D eigenvalue weighted by atomic mass is 16.5. The second kappa shape index (κ2) is 5.35. The van der Waals surface area contributed by atoms with Gasteiger partial charge in [0.1, 0.15) is 5.76 Å². The van der Waals surface area contributed by atoms with Gasteiger partial charge in [-0.1, -0.05) is 23.4 Å². The minimum Gasteiger partial charge on any atom is -0.399 e. The third-order valence-electron chi connectivity index (χ3n) is 2.57. The Labute approximate surface area is 105 Å². The van der Waals surface area contributed by atoms with Crippen molar-refractivity contribution < 1.29 is 9.32 Å². The van der Waals surface area contributed by atoms with Crippen molar-refractivity contribution in [1.29, 1.82) is 0 Å². The Morgan fingerprint density at radius 1 is 1.44 bits per heavy atom. The first-order valence-electron chi connectivity index (χ1n) is 5.71. The molecule has 1 heterocycles.